The molecule has 4 aliphatic rings. The van der Waals surface area contributed by atoms with E-state index in [1.54, 1.807) is 0 Å². The van der Waals surface area contributed by atoms with Gasteiger partial charge < -0.3 is 20.1 Å². The van der Waals surface area contributed by atoms with E-state index in [0.717, 1.165) is 25.7 Å². The first-order valence-corrected chi connectivity index (χ1v) is 7.43. The molecule has 2 saturated carbocycles. The molecule has 0 aromatic carbocycles. The zero-order valence-corrected chi connectivity index (χ0v) is 11.2. The van der Waals surface area contributed by atoms with Gasteiger partial charge >= 0.3 is 0 Å². The summed E-state index contributed by atoms with van der Waals surface area (Å²) in [4.78, 5) is 0. The second-order valence-electron chi connectivity index (χ2n) is 6.99. The van der Waals surface area contributed by atoms with Crippen LogP contribution in [0.2, 0.25) is 0 Å². The summed E-state index contributed by atoms with van der Waals surface area (Å²) in [7, 11) is 0. The van der Waals surface area contributed by atoms with E-state index in [1.807, 2.05) is 19.1 Å². The van der Waals surface area contributed by atoms with E-state index in [-0.39, 0.29) is 17.4 Å². The Kier molecular flexibility index (Phi) is 2.22. The number of fused-ring (bicyclic) bond motifs is 1. The monoisotopic (exact) mass is 266 g/mol. The third-order valence-corrected chi connectivity index (χ3v) is 6.24. The standard InChI is InChI=1S/C15H22O4/c1-9-8-10(16)12(17)14-7-3-6-13(19-14)5-2-4-11(13)15(9,14)18/h3,7,9-12,16-18H,2,4-6,8H2,1H3/t9-,10+,11-,12+,13-,14-,15+/m1/s1. The van der Waals surface area contributed by atoms with Crippen molar-refractivity contribution in [1.29, 1.82) is 0 Å². The Morgan fingerprint density at radius 3 is 2.89 bits per heavy atom. The maximum atomic E-state index is 11.4. The minimum absolute atomic E-state index is 0.0707. The molecule has 106 valence electrons. The highest BCUT2D eigenvalue weighted by molar-refractivity contribution is 5.35. The second-order valence-corrected chi connectivity index (χ2v) is 6.99. The fourth-order valence-corrected chi connectivity index (χ4v) is 5.44. The molecule has 4 nitrogen and oxygen atoms in total. The smallest absolute Gasteiger partial charge is 0.144 e. The van der Waals surface area contributed by atoms with Crippen LogP contribution in [0, 0.1) is 11.8 Å². The highest BCUT2D eigenvalue weighted by Gasteiger charge is 2.77. The summed E-state index contributed by atoms with van der Waals surface area (Å²) in [5, 5.41) is 32.0. The molecule has 0 unspecified atom stereocenters. The maximum absolute atomic E-state index is 11.4. The van der Waals surface area contributed by atoms with Crippen molar-refractivity contribution in [1.82, 2.24) is 0 Å². The van der Waals surface area contributed by atoms with E-state index in [2.05, 4.69) is 0 Å². The third-order valence-electron chi connectivity index (χ3n) is 6.24. The third kappa shape index (κ3) is 1.13. The lowest BCUT2D eigenvalue weighted by Crippen LogP contribution is -2.69. The SMILES string of the molecule is C[C@@H]1C[C@H](O)[C@H](O)[C@]23C=CC[C@@]4(CCC[C@H]4[C@@]12O)O3. The largest absolute Gasteiger partial charge is 0.390 e. The van der Waals surface area contributed by atoms with E-state index in [0.29, 0.717) is 6.42 Å². The van der Waals surface area contributed by atoms with Crippen molar-refractivity contribution in [3.05, 3.63) is 12.2 Å². The van der Waals surface area contributed by atoms with E-state index in [9.17, 15) is 15.3 Å². The Bertz CT molecular complexity index is 449. The Morgan fingerprint density at radius 1 is 1.32 bits per heavy atom. The number of aliphatic hydroxyl groups is 3. The Labute approximate surface area is 113 Å². The molecule has 2 aliphatic heterocycles. The molecule has 0 aromatic heterocycles. The summed E-state index contributed by atoms with van der Waals surface area (Å²) < 4.78 is 6.31. The molecule has 19 heavy (non-hydrogen) atoms. The lowest BCUT2D eigenvalue weighted by molar-refractivity contribution is -0.246. The highest BCUT2D eigenvalue weighted by Crippen LogP contribution is 2.66. The van der Waals surface area contributed by atoms with Gasteiger partial charge in [0.05, 0.1) is 11.7 Å². The first-order chi connectivity index (χ1) is 8.96. The summed E-state index contributed by atoms with van der Waals surface area (Å²) >= 11 is 0. The van der Waals surface area contributed by atoms with Gasteiger partial charge in [-0.2, -0.15) is 0 Å². The highest BCUT2D eigenvalue weighted by atomic mass is 16.6. The number of ether oxygens (including phenoxy) is 1. The molecule has 0 amide bonds. The van der Waals surface area contributed by atoms with Crippen LogP contribution >= 0.6 is 0 Å². The topological polar surface area (TPSA) is 69.9 Å². The first-order valence-electron chi connectivity index (χ1n) is 7.43. The molecule has 3 fully saturated rings. The quantitative estimate of drug-likeness (QED) is 0.566. The van der Waals surface area contributed by atoms with E-state index in [4.69, 9.17) is 4.74 Å². The van der Waals surface area contributed by atoms with Gasteiger partial charge in [0.2, 0.25) is 0 Å². The van der Waals surface area contributed by atoms with Crippen molar-refractivity contribution in [3.8, 4) is 0 Å². The summed E-state index contributed by atoms with van der Waals surface area (Å²) in [5.41, 5.74) is -2.47. The molecule has 0 radical (unpaired) electrons. The van der Waals surface area contributed by atoms with Gasteiger partial charge in [-0.25, -0.2) is 0 Å². The maximum Gasteiger partial charge on any atom is 0.144 e. The van der Waals surface area contributed by atoms with Gasteiger partial charge in [-0.1, -0.05) is 25.5 Å². The molecule has 7 atom stereocenters. The van der Waals surface area contributed by atoms with Crippen LogP contribution in [0.3, 0.4) is 0 Å². The number of hydrogen-bond donors (Lipinski definition) is 3. The molecule has 0 aromatic rings. The molecular formula is C15H22O4. The van der Waals surface area contributed by atoms with E-state index >= 15 is 0 Å². The Morgan fingerprint density at radius 2 is 2.11 bits per heavy atom. The predicted octanol–water partition coefficient (Wildman–Crippen LogP) is 0.747. The summed E-state index contributed by atoms with van der Waals surface area (Å²) in [6.45, 7) is 1.97. The molecule has 4 rings (SSSR count). The number of hydrogen-bond acceptors (Lipinski definition) is 4. The molecular weight excluding hydrogens is 244 g/mol. The predicted molar refractivity (Wildman–Crippen MR) is 68.4 cm³/mol. The van der Waals surface area contributed by atoms with Crippen LogP contribution in [-0.4, -0.2) is 44.3 Å². The van der Waals surface area contributed by atoms with Crippen LogP contribution in [0.15, 0.2) is 12.2 Å². The van der Waals surface area contributed by atoms with E-state index < -0.39 is 23.4 Å². The van der Waals surface area contributed by atoms with Crippen LogP contribution in [-0.2, 0) is 4.74 Å². The number of aliphatic hydroxyl groups excluding tert-OH is 2. The fourth-order valence-electron chi connectivity index (χ4n) is 5.44. The van der Waals surface area contributed by atoms with Gasteiger partial charge in [-0.15, -0.1) is 0 Å². The van der Waals surface area contributed by atoms with Crippen LogP contribution in [0.5, 0.6) is 0 Å². The number of rotatable bonds is 0. The average molecular weight is 266 g/mol. The summed E-state index contributed by atoms with van der Waals surface area (Å²) in [6.07, 6.45) is 6.22. The first kappa shape index (κ1) is 12.3. The molecule has 4 heteroatoms. The summed E-state index contributed by atoms with van der Waals surface area (Å²) in [6, 6.07) is 0. The van der Waals surface area contributed by atoms with Gasteiger partial charge in [-0.3, -0.25) is 0 Å². The average Bonchev–Trinajstić information content (AvgIpc) is 2.83. The Balaban J connectivity index is 1.93. The fraction of sp³-hybridized carbons (Fsp3) is 0.867. The normalized spacial score (nSPS) is 62.9. The molecule has 2 spiro atoms. The van der Waals surface area contributed by atoms with Gasteiger partial charge in [0.1, 0.15) is 17.3 Å². The van der Waals surface area contributed by atoms with Crippen LogP contribution < -0.4 is 0 Å². The van der Waals surface area contributed by atoms with Gasteiger partial charge in [-0.05, 0) is 31.6 Å². The summed E-state index contributed by atoms with van der Waals surface area (Å²) in [5.74, 6) is 0.00535. The zero-order valence-electron chi connectivity index (χ0n) is 11.2. The molecule has 3 N–H and O–H groups in total. The van der Waals surface area contributed by atoms with Crippen molar-refractivity contribution in [3.63, 3.8) is 0 Å². The van der Waals surface area contributed by atoms with Crippen molar-refractivity contribution in [2.75, 3.05) is 0 Å². The second kappa shape index (κ2) is 3.42. The van der Waals surface area contributed by atoms with Gasteiger partial charge in [0, 0.05) is 5.92 Å². The van der Waals surface area contributed by atoms with Crippen molar-refractivity contribution < 1.29 is 20.1 Å². The zero-order chi connectivity index (χ0) is 13.5. The van der Waals surface area contributed by atoms with Gasteiger partial charge in [0.15, 0.2) is 0 Å². The van der Waals surface area contributed by atoms with Crippen LogP contribution in [0.4, 0.5) is 0 Å². The molecule has 2 heterocycles. The van der Waals surface area contributed by atoms with Crippen molar-refractivity contribution in [2.24, 2.45) is 11.8 Å². The molecule has 2 aliphatic carbocycles. The van der Waals surface area contributed by atoms with Crippen LogP contribution in [0.1, 0.15) is 39.0 Å². The van der Waals surface area contributed by atoms with Gasteiger partial charge in [0.25, 0.3) is 0 Å². The lowest BCUT2D eigenvalue weighted by atomic mass is 9.59. The van der Waals surface area contributed by atoms with Crippen molar-refractivity contribution in [2.45, 2.75) is 68.0 Å². The van der Waals surface area contributed by atoms with Crippen LogP contribution in [0.25, 0.3) is 0 Å². The molecule has 2 bridgehead atoms. The Hall–Kier alpha value is -0.420. The van der Waals surface area contributed by atoms with Crippen molar-refractivity contribution >= 4 is 0 Å². The van der Waals surface area contributed by atoms with E-state index in [1.165, 1.54) is 0 Å². The lowest BCUT2D eigenvalue weighted by Gasteiger charge is -2.53. The minimum atomic E-state index is -1.10. The molecule has 1 saturated heterocycles. The minimum Gasteiger partial charge on any atom is -0.390 e.